The van der Waals surface area contributed by atoms with Crippen molar-refractivity contribution < 1.29 is 22.7 Å². The predicted octanol–water partition coefficient (Wildman–Crippen LogP) is 2.66. The third-order valence-corrected chi connectivity index (χ3v) is 7.49. The monoisotopic (exact) mass is 445 g/mol. The van der Waals surface area contributed by atoms with Gasteiger partial charge in [0.15, 0.2) is 12.4 Å². The number of esters is 1. The summed E-state index contributed by atoms with van der Waals surface area (Å²) < 4.78 is 41.3. The molecule has 3 aromatic rings. The highest BCUT2D eigenvalue weighted by molar-refractivity contribution is 7.89. The lowest BCUT2D eigenvalue weighted by molar-refractivity contribution is -0.148. The summed E-state index contributed by atoms with van der Waals surface area (Å²) >= 11 is 0.934. The molecule has 10 heteroatoms. The SMILES string of the molecule is O=C(COC(=O)C1CCCCN1S(=O)(=O)c1cccc2nsnc12)c1ccccc1. The molecule has 1 fully saturated rings. The number of piperidine rings is 1. The Kier molecular flexibility index (Phi) is 5.89. The summed E-state index contributed by atoms with van der Waals surface area (Å²) in [5.41, 5.74) is 1.21. The van der Waals surface area contributed by atoms with Crippen molar-refractivity contribution in [1.29, 1.82) is 0 Å². The number of carbonyl (C=O) groups is 2. The van der Waals surface area contributed by atoms with Gasteiger partial charge in [0.25, 0.3) is 0 Å². The van der Waals surface area contributed by atoms with E-state index in [0.29, 0.717) is 35.9 Å². The van der Waals surface area contributed by atoms with Crippen LogP contribution in [0.3, 0.4) is 0 Å². The number of hydrogen-bond acceptors (Lipinski definition) is 8. The molecule has 0 amide bonds. The Morgan fingerprint density at radius 3 is 2.67 bits per heavy atom. The van der Waals surface area contributed by atoms with E-state index in [1.54, 1.807) is 42.5 Å². The number of benzene rings is 2. The second kappa shape index (κ2) is 8.58. The zero-order valence-corrected chi connectivity index (χ0v) is 17.6. The van der Waals surface area contributed by atoms with Crippen molar-refractivity contribution in [3.8, 4) is 0 Å². The first-order chi connectivity index (χ1) is 14.5. The van der Waals surface area contributed by atoms with Crippen LogP contribution >= 0.6 is 11.7 Å². The van der Waals surface area contributed by atoms with Crippen molar-refractivity contribution in [2.45, 2.75) is 30.2 Å². The number of rotatable bonds is 6. The standard InChI is InChI=1S/C20H19N3O5S2/c24-17(14-7-2-1-3-8-14)13-28-20(25)16-10-4-5-12-23(16)30(26,27)18-11-6-9-15-19(18)22-29-21-15/h1-3,6-9,11,16H,4-5,10,12-13H2. The number of ketones is 1. The average molecular weight is 446 g/mol. The Morgan fingerprint density at radius 2 is 1.87 bits per heavy atom. The minimum atomic E-state index is -3.99. The van der Waals surface area contributed by atoms with E-state index in [1.807, 2.05) is 0 Å². The van der Waals surface area contributed by atoms with Crippen molar-refractivity contribution in [3.05, 3.63) is 54.1 Å². The molecule has 4 rings (SSSR count). The smallest absolute Gasteiger partial charge is 0.324 e. The van der Waals surface area contributed by atoms with Gasteiger partial charge in [0, 0.05) is 12.1 Å². The third kappa shape index (κ3) is 3.98. The van der Waals surface area contributed by atoms with Crippen molar-refractivity contribution >= 4 is 44.5 Å². The fourth-order valence-corrected chi connectivity index (χ4v) is 5.89. The molecule has 0 bridgehead atoms. The van der Waals surface area contributed by atoms with Gasteiger partial charge in [-0.25, -0.2) is 8.42 Å². The number of fused-ring (bicyclic) bond motifs is 1. The second-order valence-corrected chi connectivity index (χ2v) is 9.30. The molecule has 1 saturated heterocycles. The summed E-state index contributed by atoms with van der Waals surface area (Å²) in [6, 6.07) is 12.3. The van der Waals surface area contributed by atoms with Gasteiger partial charge in [-0.3, -0.25) is 9.59 Å². The number of ether oxygens (including phenoxy) is 1. The van der Waals surface area contributed by atoms with Gasteiger partial charge >= 0.3 is 5.97 Å². The third-order valence-electron chi connectivity index (χ3n) is 5.00. The topological polar surface area (TPSA) is 107 Å². The van der Waals surface area contributed by atoms with Crippen LogP contribution in [0.15, 0.2) is 53.4 Å². The molecular weight excluding hydrogens is 426 g/mol. The molecule has 2 aromatic carbocycles. The van der Waals surface area contributed by atoms with Crippen LogP contribution in [0.2, 0.25) is 0 Å². The molecule has 1 aromatic heterocycles. The molecule has 1 aliphatic heterocycles. The Bertz CT molecular complexity index is 1180. The molecule has 30 heavy (non-hydrogen) atoms. The first-order valence-corrected chi connectivity index (χ1v) is 11.6. The number of hydrogen-bond donors (Lipinski definition) is 0. The fourth-order valence-electron chi connectivity index (χ4n) is 3.48. The molecule has 156 valence electrons. The quantitative estimate of drug-likeness (QED) is 0.424. The van der Waals surface area contributed by atoms with Crippen LogP contribution in [0.25, 0.3) is 11.0 Å². The van der Waals surface area contributed by atoms with Crippen LogP contribution in [0.1, 0.15) is 29.6 Å². The van der Waals surface area contributed by atoms with Gasteiger partial charge in [0.1, 0.15) is 22.0 Å². The van der Waals surface area contributed by atoms with Crippen LogP contribution in [0, 0.1) is 0 Å². The maximum atomic E-state index is 13.4. The van der Waals surface area contributed by atoms with Crippen LogP contribution in [-0.2, 0) is 19.6 Å². The molecule has 2 heterocycles. The van der Waals surface area contributed by atoms with E-state index in [-0.39, 0.29) is 17.2 Å². The molecule has 0 aliphatic carbocycles. The summed E-state index contributed by atoms with van der Waals surface area (Å²) in [5, 5.41) is 0. The Hall–Kier alpha value is -2.69. The van der Waals surface area contributed by atoms with Crippen LogP contribution < -0.4 is 0 Å². The molecule has 0 spiro atoms. The lowest BCUT2D eigenvalue weighted by Gasteiger charge is -2.32. The van der Waals surface area contributed by atoms with Crippen LogP contribution in [0.4, 0.5) is 0 Å². The van der Waals surface area contributed by atoms with Crippen molar-refractivity contribution in [3.63, 3.8) is 0 Å². The first kappa shape index (κ1) is 20.6. The summed E-state index contributed by atoms with van der Waals surface area (Å²) in [6.07, 6.45) is 1.67. The summed E-state index contributed by atoms with van der Waals surface area (Å²) in [7, 11) is -3.99. The first-order valence-electron chi connectivity index (χ1n) is 9.46. The highest BCUT2D eigenvalue weighted by Crippen LogP contribution is 2.29. The zero-order chi connectivity index (χ0) is 21.1. The van der Waals surface area contributed by atoms with Crippen molar-refractivity contribution in [1.82, 2.24) is 13.1 Å². The van der Waals surface area contributed by atoms with E-state index < -0.39 is 28.6 Å². The molecule has 0 N–H and O–H groups in total. The van der Waals surface area contributed by atoms with Gasteiger partial charge in [0.05, 0.1) is 11.7 Å². The van der Waals surface area contributed by atoms with Gasteiger partial charge in [-0.2, -0.15) is 13.1 Å². The van der Waals surface area contributed by atoms with E-state index in [9.17, 15) is 18.0 Å². The summed E-state index contributed by atoms with van der Waals surface area (Å²) in [4.78, 5) is 25.0. The molecular formula is C20H19N3O5S2. The van der Waals surface area contributed by atoms with E-state index >= 15 is 0 Å². The highest BCUT2D eigenvalue weighted by Gasteiger charge is 2.39. The Labute approximate surface area is 177 Å². The minimum Gasteiger partial charge on any atom is -0.456 e. The average Bonchev–Trinajstić information content (AvgIpc) is 3.26. The number of carbonyl (C=O) groups excluding carboxylic acids is 2. The van der Waals surface area contributed by atoms with Crippen molar-refractivity contribution in [2.24, 2.45) is 0 Å². The Balaban J connectivity index is 1.54. The summed E-state index contributed by atoms with van der Waals surface area (Å²) in [6.45, 7) is -0.235. The van der Waals surface area contributed by atoms with E-state index in [1.165, 1.54) is 10.4 Å². The number of sulfonamides is 1. The van der Waals surface area contributed by atoms with Crippen molar-refractivity contribution in [2.75, 3.05) is 13.2 Å². The number of aromatic nitrogens is 2. The molecule has 1 atom stereocenters. The zero-order valence-electron chi connectivity index (χ0n) is 15.9. The van der Waals surface area contributed by atoms with E-state index in [0.717, 1.165) is 11.7 Å². The number of Topliss-reactive ketones (excluding diaryl/α,β-unsaturated/α-hetero) is 1. The lowest BCUT2D eigenvalue weighted by atomic mass is 10.1. The maximum Gasteiger partial charge on any atom is 0.324 e. The molecule has 0 radical (unpaired) electrons. The largest absolute Gasteiger partial charge is 0.456 e. The van der Waals surface area contributed by atoms with Gasteiger partial charge < -0.3 is 4.74 Å². The van der Waals surface area contributed by atoms with Gasteiger partial charge in [-0.15, -0.1) is 0 Å². The van der Waals surface area contributed by atoms with Crippen LogP contribution in [0.5, 0.6) is 0 Å². The molecule has 0 saturated carbocycles. The van der Waals surface area contributed by atoms with Gasteiger partial charge in [-0.1, -0.05) is 36.4 Å². The molecule has 1 aliphatic rings. The minimum absolute atomic E-state index is 0.0220. The fraction of sp³-hybridized carbons (Fsp3) is 0.300. The van der Waals surface area contributed by atoms with E-state index in [2.05, 4.69) is 8.75 Å². The Morgan fingerprint density at radius 1 is 1.07 bits per heavy atom. The van der Waals surface area contributed by atoms with E-state index in [4.69, 9.17) is 4.74 Å². The molecule has 1 unspecified atom stereocenters. The number of nitrogens with zero attached hydrogens (tertiary/aromatic N) is 3. The predicted molar refractivity (Wildman–Crippen MR) is 111 cm³/mol. The molecule has 8 nitrogen and oxygen atoms in total. The van der Waals surface area contributed by atoms with Gasteiger partial charge in [0.2, 0.25) is 10.0 Å². The second-order valence-electron chi connectivity index (χ2n) is 6.91. The summed E-state index contributed by atoms with van der Waals surface area (Å²) in [5.74, 6) is -1.06. The maximum absolute atomic E-state index is 13.4. The highest BCUT2D eigenvalue weighted by atomic mass is 32.2. The normalized spacial score (nSPS) is 17.7. The lowest BCUT2D eigenvalue weighted by Crippen LogP contribution is -2.48. The van der Waals surface area contributed by atoms with Gasteiger partial charge in [-0.05, 0) is 31.4 Å². The van der Waals surface area contributed by atoms with Crippen LogP contribution in [-0.4, -0.2) is 52.4 Å².